The number of hydrogen-bond donors (Lipinski definition) is 1. The van der Waals surface area contributed by atoms with E-state index < -0.39 is 0 Å². The molecule has 1 fully saturated rings. The molecule has 0 spiro atoms. The highest BCUT2D eigenvalue weighted by molar-refractivity contribution is 5.97. The van der Waals surface area contributed by atoms with Crippen LogP contribution in [0.4, 0.5) is 5.69 Å². The number of anilines is 1. The average Bonchev–Trinajstić information content (AvgIpc) is 2.45. The molecule has 0 radical (unpaired) electrons. The van der Waals surface area contributed by atoms with Crippen LogP contribution in [0.2, 0.25) is 0 Å². The largest absolute Gasteiger partial charge is 0.399 e. The van der Waals surface area contributed by atoms with Crippen LogP contribution in [-0.2, 0) is 6.42 Å². The van der Waals surface area contributed by atoms with Crippen molar-refractivity contribution in [1.29, 1.82) is 0 Å². The number of Topliss-reactive ketones (excluding diaryl/α,β-unsaturated/α-hetero) is 1. The van der Waals surface area contributed by atoms with E-state index in [9.17, 15) is 4.79 Å². The number of benzene rings is 2. The number of rotatable bonds is 5. The van der Waals surface area contributed by atoms with Crippen molar-refractivity contribution in [2.45, 2.75) is 38.0 Å². The molecule has 108 valence electrons. The fourth-order valence-corrected chi connectivity index (χ4v) is 2.90. The summed E-state index contributed by atoms with van der Waals surface area (Å²) in [6.45, 7) is 0. The Morgan fingerprint density at radius 1 is 1.05 bits per heavy atom. The van der Waals surface area contributed by atoms with Gasteiger partial charge in [0.1, 0.15) is 0 Å². The second kappa shape index (κ2) is 6.13. The summed E-state index contributed by atoms with van der Waals surface area (Å²) in [7, 11) is 0. The summed E-state index contributed by atoms with van der Waals surface area (Å²) in [5.74, 6) is 0.857. The van der Waals surface area contributed by atoms with E-state index in [0.717, 1.165) is 17.7 Å². The zero-order chi connectivity index (χ0) is 14.7. The SMILES string of the molecule is Nc1ccc(CCC(=O)c2ccccc2C2CCC2)cc1. The third kappa shape index (κ3) is 3.15. The first-order valence-electron chi connectivity index (χ1n) is 7.70. The molecule has 0 amide bonds. The van der Waals surface area contributed by atoms with Crippen LogP contribution in [0.3, 0.4) is 0 Å². The maximum atomic E-state index is 12.5. The van der Waals surface area contributed by atoms with Gasteiger partial charge in [0.15, 0.2) is 5.78 Å². The normalized spacial score (nSPS) is 14.7. The fraction of sp³-hybridized carbons (Fsp3) is 0.316. The van der Waals surface area contributed by atoms with Crippen molar-refractivity contribution < 1.29 is 4.79 Å². The van der Waals surface area contributed by atoms with Crippen LogP contribution in [0.1, 0.15) is 53.1 Å². The molecule has 0 atom stereocenters. The molecule has 1 saturated carbocycles. The highest BCUT2D eigenvalue weighted by atomic mass is 16.1. The standard InChI is InChI=1S/C19H21NO/c20-16-11-8-14(9-12-16)10-13-19(21)18-7-2-1-6-17(18)15-4-3-5-15/h1-2,6-9,11-12,15H,3-5,10,13,20H2. The zero-order valence-corrected chi connectivity index (χ0v) is 12.2. The first kappa shape index (κ1) is 13.9. The number of nitrogen functional groups attached to an aromatic ring is 1. The number of nitrogens with two attached hydrogens (primary N) is 1. The lowest BCUT2D eigenvalue weighted by atomic mass is 9.77. The summed E-state index contributed by atoms with van der Waals surface area (Å²) in [5, 5.41) is 0. The Labute approximate surface area is 126 Å². The predicted molar refractivity (Wildman–Crippen MR) is 86.5 cm³/mol. The lowest BCUT2D eigenvalue weighted by Gasteiger charge is -2.27. The van der Waals surface area contributed by atoms with Gasteiger partial charge in [-0.2, -0.15) is 0 Å². The lowest BCUT2D eigenvalue weighted by Crippen LogP contribution is -2.14. The van der Waals surface area contributed by atoms with E-state index in [1.54, 1.807) is 0 Å². The first-order valence-corrected chi connectivity index (χ1v) is 7.70. The summed E-state index contributed by atoms with van der Waals surface area (Å²) in [5.41, 5.74) is 9.80. The van der Waals surface area contributed by atoms with Gasteiger partial charge in [-0.15, -0.1) is 0 Å². The minimum Gasteiger partial charge on any atom is -0.399 e. The first-order chi connectivity index (χ1) is 10.2. The molecule has 21 heavy (non-hydrogen) atoms. The van der Waals surface area contributed by atoms with Crippen molar-refractivity contribution in [3.63, 3.8) is 0 Å². The maximum absolute atomic E-state index is 12.5. The molecular formula is C19H21NO. The van der Waals surface area contributed by atoms with Crippen molar-refractivity contribution in [2.24, 2.45) is 0 Å². The van der Waals surface area contributed by atoms with Crippen molar-refractivity contribution >= 4 is 11.5 Å². The van der Waals surface area contributed by atoms with E-state index >= 15 is 0 Å². The summed E-state index contributed by atoms with van der Waals surface area (Å²) in [6.07, 6.45) is 5.08. The lowest BCUT2D eigenvalue weighted by molar-refractivity contribution is 0.0981. The van der Waals surface area contributed by atoms with Gasteiger partial charge in [-0.3, -0.25) is 4.79 Å². The summed E-state index contributed by atoms with van der Waals surface area (Å²) in [6, 6.07) is 15.9. The molecule has 2 nitrogen and oxygen atoms in total. The molecule has 0 aliphatic heterocycles. The van der Waals surface area contributed by atoms with E-state index in [0.29, 0.717) is 12.3 Å². The van der Waals surface area contributed by atoms with Gasteiger partial charge in [-0.25, -0.2) is 0 Å². The van der Waals surface area contributed by atoms with Crippen LogP contribution in [0.5, 0.6) is 0 Å². The number of carbonyl (C=O) groups is 1. The zero-order valence-electron chi connectivity index (χ0n) is 12.2. The Balaban J connectivity index is 1.69. The van der Waals surface area contributed by atoms with Crippen LogP contribution in [0, 0.1) is 0 Å². The van der Waals surface area contributed by atoms with Gasteiger partial charge in [-0.05, 0) is 48.4 Å². The van der Waals surface area contributed by atoms with E-state index in [2.05, 4.69) is 6.07 Å². The molecule has 1 aliphatic rings. The van der Waals surface area contributed by atoms with Gasteiger partial charge in [-0.1, -0.05) is 42.8 Å². The Morgan fingerprint density at radius 3 is 2.43 bits per heavy atom. The van der Waals surface area contributed by atoms with Crippen molar-refractivity contribution in [3.05, 3.63) is 65.2 Å². The Morgan fingerprint density at radius 2 is 1.76 bits per heavy atom. The highest BCUT2D eigenvalue weighted by Gasteiger charge is 2.23. The highest BCUT2D eigenvalue weighted by Crippen LogP contribution is 2.38. The summed E-state index contributed by atoms with van der Waals surface area (Å²) in [4.78, 5) is 12.5. The van der Waals surface area contributed by atoms with E-state index in [1.165, 1.54) is 30.4 Å². The summed E-state index contributed by atoms with van der Waals surface area (Å²) < 4.78 is 0. The van der Waals surface area contributed by atoms with Crippen LogP contribution < -0.4 is 5.73 Å². The van der Waals surface area contributed by atoms with Gasteiger partial charge >= 0.3 is 0 Å². The van der Waals surface area contributed by atoms with Gasteiger partial charge in [0.05, 0.1) is 0 Å². The third-order valence-corrected chi connectivity index (χ3v) is 4.43. The smallest absolute Gasteiger partial charge is 0.163 e. The number of ketones is 1. The fourth-order valence-electron chi connectivity index (χ4n) is 2.90. The van der Waals surface area contributed by atoms with Crippen LogP contribution in [-0.4, -0.2) is 5.78 Å². The quantitative estimate of drug-likeness (QED) is 0.653. The van der Waals surface area contributed by atoms with E-state index in [1.807, 2.05) is 42.5 Å². The Bertz CT molecular complexity index is 626. The molecule has 2 aromatic carbocycles. The number of carbonyl (C=O) groups excluding carboxylic acids is 1. The molecular weight excluding hydrogens is 258 g/mol. The van der Waals surface area contributed by atoms with Crippen molar-refractivity contribution in [3.8, 4) is 0 Å². The maximum Gasteiger partial charge on any atom is 0.163 e. The van der Waals surface area contributed by atoms with Gasteiger partial charge in [0.2, 0.25) is 0 Å². The topological polar surface area (TPSA) is 43.1 Å². The number of hydrogen-bond acceptors (Lipinski definition) is 2. The predicted octanol–water partition coefficient (Wildman–Crippen LogP) is 4.35. The molecule has 3 rings (SSSR count). The number of aryl methyl sites for hydroxylation is 1. The molecule has 0 unspecified atom stereocenters. The molecule has 0 heterocycles. The molecule has 1 aliphatic carbocycles. The average molecular weight is 279 g/mol. The summed E-state index contributed by atoms with van der Waals surface area (Å²) >= 11 is 0. The minimum atomic E-state index is 0.259. The van der Waals surface area contributed by atoms with Crippen LogP contribution in [0.15, 0.2) is 48.5 Å². The molecule has 2 aromatic rings. The van der Waals surface area contributed by atoms with Crippen molar-refractivity contribution in [1.82, 2.24) is 0 Å². The Kier molecular flexibility index (Phi) is 4.05. The Hall–Kier alpha value is -2.09. The van der Waals surface area contributed by atoms with E-state index in [-0.39, 0.29) is 5.78 Å². The van der Waals surface area contributed by atoms with Crippen LogP contribution >= 0.6 is 0 Å². The second-order valence-corrected chi connectivity index (χ2v) is 5.88. The molecule has 2 heteroatoms. The monoisotopic (exact) mass is 279 g/mol. The second-order valence-electron chi connectivity index (χ2n) is 5.88. The van der Waals surface area contributed by atoms with Gasteiger partial charge < -0.3 is 5.73 Å². The van der Waals surface area contributed by atoms with Crippen LogP contribution in [0.25, 0.3) is 0 Å². The van der Waals surface area contributed by atoms with E-state index in [4.69, 9.17) is 5.73 Å². The van der Waals surface area contributed by atoms with Gasteiger partial charge in [0, 0.05) is 17.7 Å². The molecule has 2 N–H and O–H groups in total. The molecule has 0 bridgehead atoms. The van der Waals surface area contributed by atoms with Crippen molar-refractivity contribution in [2.75, 3.05) is 5.73 Å². The molecule has 0 aromatic heterocycles. The third-order valence-electron chi connectivity index (χ3n) is 4.43. The molecule has 0 saturated heterocycles. The van der Waals surface area contributed by atoms with Gasteiger partial charge in [0.25, 0.3) is 0 Å². The minimum absolute atomic E-state index is 0.259.